The molecule has 8 nitrogen and oxygen atoms in total. The van der Waals surface area contributed by atoms with Gasteiger partial charge in [0.05, 0.1) is 0 Å². The molecule has 0 spiro atoms. The van der Waals surface area contributed by atoms with E-state index in [9.17, 15) is 27.6 Å². The number of nitrogens with one attached hydrogen (secondary N) is 2. The Morgan fingerprint density at radius 3 is 2.31 bits per heavy atom. The SMILES string of the molecule is NCCCCCNC(=O)c1cccc(-c2cccc(CN(CCc3ccc(OC(=O)C(F)(F)F)cc3)C(=O)CCc3c[nH]c4ccccc34)c2)c1. The number of carbonyl (C=O) groups is 3. The first-order chi connectivity index (χ1) is 24.6. The second kappa shape index (κ2) is 17.5. The molecule has 0 radical (unpaired) electrons. The Bertz CT molecular complexity index is 1940. The molecule has 0 fully saturated rings. The maximum atomic E-state index is 13.8. The third-order valence-corrected chi connectivity index (χ3v) is 8.60. The largest absolute Gasteiger partial charge is 0.491 e. The number of alkyl halides is 3. The summed E-state index contributed by atoms with van der Waals surface area (Å²) in [6.45, 7) is 1.89. The number of hydrogen-bond acceptors (Lipinski definition) is 5. The van der Waals surface area contributed by atoms with Crippen molar-refractivity contribution in [3.05, 3.63) is 126 Å². The lowest BCUT2D eigenvalue weighted by atomic mass is 10.0. The number of aromatic amines is 1. The number of nitrogens with zero attached hydrogens (tertiary/aromatic N) is 1. The van der Waals surface area contributed by atoms with Crippen molar-refractivity contribution in [3.8, 4) is 16.9 Å². The number of hydrogen-bond donors (Lipinski definition) is 3. The summed E-state index contributed by atoms with van der Waals surface area (Å²) in [6, 6.07) is 29.0. The third-order valence-electron chi connectivity index (χ3n) is 8.60. The number of ether oxygens (including phenoxy) is 1. The molecule has 2 amide bonds. The van der Waals surface area contributed by atoms with Crippen LogP contribution in [-0.4, -0.2) is 53.5 Å². The summed E-state index contributed by atoms with van der Waals surface area (Å²) >= 11 is 0. The van der Waals surface area contributed by atoms with Gasteiger partial charge in [-0.3, -0.25) is 9.59 Å². The summed E-state index contributed by atoms with van der Waals surface area (Å²) in [4.78, 5) is 42.8. The predicted octanol–water partition coefficient (Wildman–Crippen LogP) is 7.37. The van der Waals surface area contributed by atoms with Crippen molar-refractivity contribution in [1.29, 1.82) is 0 Å². The van der Waals surface area contributed by atoms with Crippen LogP contribution in [0.15, 0.2) is 103 Å². The lowest BCUT2D eigenvalue weighted by molar-refractivity contribution is -0.189. The predicted molar refractivity (Wildman–Crippen MR) is 191 cm³/mol. The molecule has 0 aliphatic carbocycles. The first kappa shape index (κ1) is 36.9. The van der Waals surface area contributed by atoms with Crippen LogP contribution in [0.3, 0.4) is 0 Å². The van der Waals surface area contributed by atoms with Gasteiger partial charge in [-0.25, -0.2) is 4.79 Å². The van der Waals surface area contributed by atoms with E-state index < -0.39 is 12.1 Å². The molecule has 0 aliphatic heterocycles. The lowest BCUT2D eigenvalue weighted by Gasteiger charge is -2.24. The molecule has 0 saturated carbocycles. The quantitative estimate of drug-likeness (QED) is 0.0566. The van der Waals surface area contributed by atoms with E-state index in [1.165, 1.54) is 12.1 Å². The Labute approximate surface area is 294 Å². The molecule has 0 atom stereocenters. The van der Waals surface area contributed by atoms with Gasteiger partial charge in [-0.2, -0.15) is 13.2 Å². The van der Waals surface area contributed by atoms with Gasteiger partial charge in [-0.1, -0.05) is 67.1 Å². The Hall–Kier alpha value is -5.42. The van der Waals surface area contributed by atoms with E-state index in [1.54, 1.807) is 23.1 Å². The molecule has 11 heteroatoms. The summed E-state index contributed by atoms with van der Waals surface area (Å²) in [5, 5.41) is 4.04. The van der Waals surface area contributed by atoms with Crippen LogP contribution >= 0.6 is 0 Å². The molecule has 1 aromatic heterocycles. The molecule has 4 aromatic carbocycles. The van der Waals surface area contributed by atoms with Gasteiger partial charge in [0.2, 0.25) is 5.91 Å². The number of amides is 2. The zero-order valence-corrected chi connectivity index (χ0v) is 28.2. The zero-order chi connectivity index (χ0) is 36.2. The topological polar surface area (TPSA) is 118 Å². The number of unbranched alkanes of at least 4 members (excludes halogenated alkanes) is 2. The third kappa shape index (κ3) is 10.5. The first-order valence-electron chi connectivity index (χ1n) is 17.0. The number of H-pyrrole nitrogens is 1. The number of nitrogens with two attached hydrogens (primary N) is 1. The van der Waals surface area contributed by atoms with E-state index in [-0.39, 0.29) is 24.0 Å². The number of esters is 1. The van der Waals surface area contributed by atoms with Gasteiger partial charge in [0.1, 0.15) is 5.75 Å². The number of aromatic nitrogens is 1. The minimum Gasteiger partial charge on any atom is -0.420 e. The van der Waals surface area contributed by atoms with Gasteiger partial charge >= 0.3 is 12.1 Å². The van der Waals surface area contributed by atoms with Gasteiger partial charge in [0.15, 0.2) is 0 Å². The van der Waals surface area contributed by atoms with E-state index in [1.807, 2.05) is 72.9 Å². The lowest BCUT2D eigenvalue weighted by Crippen LogP contribution is -2.32. The van der Waals surface area contributed by atoms with Crippen molar-refractivity contribution in [1.82, 2.24) is 15.2 Å². The van der Waals surface area contributed by atoms with Crippen LogP contribution in [0.25, 0.3) is 22.0 Å². The van der Waals surface area contributed by atoms with Crippen LogP contribution in [0.1, 0.15) is 52.7 Å². The van der Waals surface area contributed by atoms with Crippen LogP contribution in [-0.2, 0) is 29.0 Å². The molecule has 5 aromatic rings. The number of rotatable bonds is 16. The minimum atomic E-state index is -5.09. The number of aryl methyl sites for hydroxylation is 1. The van der Waals surface area contributed by atoms with Gasteiger partial charge in [-0.15, -0.1) is 0 Å². The standard InChI is InChI=1S/C40H41F3N4O4/c41-40(42,43)39(50)51-34-17-14-28(15-18-34)20-23-47(37(48)19-16-33-26-46-36-13-3-2-12-35(33)36)27-29-8-6-9-30(24-29)31-10-7-11-32(25-31)38(49)45-22-5-1-4-21-44/h2-3,6-15,17-18,24-26,46H,1,4-5,16,19-23,27,44H2,(H,45,49). The monoisotopic (exact) mass is 698 g/mol. The maximum Gasteiger partial charge on any atom is 0.491 e. The van der Waals surface area contributed by atoms with Crippen LogP contribution in [0.4, 0.5) is 13.2 Å². The summed E-state index contributed by atoms with van der Waals surface area (Å²) < 4.78 is 42.3. The highest BCUT2D eigenvalue weighted by Gasteiger charge is 2.41. The molecule has 51 heavy (non-hydrogen) atoms. The first-order valence-corrected chi connectivity index (χ1v) is 17.0. The number of fused-ring (bicyclic) bond motifs is 1. The summed E-state index contributed by atoms with van der Waals surface area (Å²) in [6.07, 6.45) is 0.827. The second-order valence-electron chi connectivity index (χ2n) is 12.3. The fraction of sp³-hybridized carbons (Fsp3) is 0.275. The van der Waals surface area contributed by atoms with Gasteiger partial charge in [0.25, 0.3) is 5.91 Å². The van der Waals surface area contributed by atoms with Crippen molar-refractivity contribution in [2.75, 3.05) is 19.6 Å². The Balaban J connectivity index is 1.29. The highest BCUT2D eigenvalue weighted by atomic mass is 19.4. The molecule has 266 valence electrons. The Morgan fingerprint density at radius 1 is 0.804 bits per heavy atom. The fourth-order valence-electron chi connectivity index (χ4n) is 5.84. The zero-order valence-electron chi connectivity index (χ0n) is 28.2. The Kier molecular flexibility index (Phi) is 12.6. The molecule has 0 aliphatic rings. The minimum absolute atomic E-state index is 0.0495. The van der Waals surface area contributed by atoms with Crippen molar-refractivity contribution in [2.24, 2.45) is 5.73 Å². The molecular formula is C40H41F3N4O4. The fourth-order valence-corrected chi connectivity index (χ4v) is 5.84. The maximum absolute atomic E-state index is 13.8. The average molecular weight is 699 g/mol. The van der Waals surface area contributed by atoms with Crippen LogP contribution < -0.4 is 15.8 Å². The van der Waals surface area contributed by atoms with E-state index in [2.05, 4.69) is 15.0 Å². The van der Waals surface area contributed by atoms with Crippen molar-refractivity contribution >= 4 is 28.7 Å². The molecule has 0 saturated heterocycles. The second-order valence-corrected chi connectivity index (χ2v) is 12.3. The normalized spacial score (nSPS) is 11.4. The van der Waals surface area contributed by atoms with E-state index in [0.717, 1.165) is 58.0 Å². The number of carbonyl (C=O) groups excluding carboxylic acids is 3. The summed E-state index contributed by atoms with van der Waals surface area (Å²) in [5.41, 5.74) is 11.6. The van der Waals surface area contributed by atoms with Crippen LogP contribution in [0, 0.1) is 0 Å². The number of benzene rings is 4. The van der Waals surface area contributed by atoms with E-state index in [4.69, 9.17) is 5.73 Å². The van der Waals surface area contributed by atoms with Gasteiger partial charge in [-0.05, 0) is 96.4 Å². The summed E-state index contributed by atoms with van der Waals surface area (Å²) in [7, 11) is 0. The number of halogens is 3. The highest BCUT2D eigenvalue weighted by Crippen LogP contribution is 2.25. The molecule has 4 N–H and O–H groups in total. The van der Waals surface area contributed by atoms with Crippen molar-refractivity contribution in [2.45, 2.75) is 51.2 Å². The number of para-hydroxylation sites is 1. The summed E-state index contributed by atoms with van der Waals surface area (Å²) in [5.74, 6) is -2.69. The van der Waals surface area contributed by atoms with Gasteiger partial charge < -0.3 is 25.7 Å². The smallest absolute Gasteiger partial charge is 0.420 e. The van der Waals surface area contributed by atoms with Gasteiger partial charge in [0, 0.05) is 48.7 Å². The average Bonchev–Trinajstić information content (AvgIpc) is 3.55. The van der Waals surface area contributed by atoms with Crippen molar-refractivity contribution in [3.63, 3.8) is 0 Å². The van der Waals surface area contributed by atoms with Crippen molar-refractivity contribution < 1.29 is 32.3 Å². The van der Waals surface area contributed by atoms with Crippen LogP contribution in [0.5, 0.6) is 5.75 Å². The highest BCUT2D eigenvalue weighted by molar-refractivity contribution is 5.95. The molecule has 0 bridgehead atoms. The van der Waals surface area contributed by atoms with Crippen LogP contribution in [0.2, 0.25) is 0 Å². The van der Waals surface area contributed by atoms with E-state index in [0.29, 0.717) is 44.6 Å². The molecular weight excluding hydrogens is 657 g/mol. The molecule has 0 unspecified atom stereocenters. The molecule has 5 rings (SSSR count). The Morgan fingerprint density at radius 2 is 1.55 bits per heavy atom. The van der Waals surface area contributed by atoms with E-state index >= 15 is 0 Å². The molecule has 1 heterocycles.